The van der Waals surface area contributed by atoms with E-state index in [0.717, 1.165) is 51.8 Å². The van der Waals surface area contributed by atoms with Crippen molar-refractivity contribution in [3.05, 3.63) is 83.7 Å². The number of rotatable bonds is 6. The standard InChI is InChI=1S/C26H27N3OS/c1-4-18(2)14-16-29(3)26(30)19-12-13-24-22(17-19)28-25(21-10-7-8-15-27-21)20-9-5-6-11-23(20)31-24/h5-13,15,17-18H,4,14,16H2,1-3H3. The first kappa shape index (κ1) is 21.3. The number of hydrogen-bond donors (Lipinski definition) is 0. The Kier molecular flexibility index (Phi) is 6.52. The van der Waals surface area contributed by atoms with Gasteiger partial charge in [0.25, 0.3) is 5.91 Å². The number of benzene rings is 2. The normalized spacial score (nSPS) is 13.5. The van der Waals surface area contributed by atoms with Gasteiger partial charge < -0.3 is 4.90 Å². The van der Waals surface area contributed by atoms with E-state index in [9.17, 15) is 4.79 Å². The van der Waals surface area contributed by atoms with Gasteiger partial charge in [0.1, 0.15) is 0 Å². The maximum Gasteiger partial charge on any atom is 0.253 e. The Morgan fingerprint density at radius 3 is 2.65 bits per heavy atom. The van der Waals surface area contributed by atoms with Crippen LogP contribution in [0.3, 0.4) is 0 Å². The average molecular weight is 430 g/mol. The first-order valence-electron chi connectivity index (χ1n) is 10.7. The molecule has 1 aliphatic heterocycles. The summed E-state index contributed by atoms with van der Waals surface area (Å²) in [6.45, 7) is 5.17. The van der Waals surface area contributed by atoms with E-state index in [-0.39, 0.29) is 5.91 Å². The molecule has 1 atom stereocenters. The van der Waals surface area contributed by atoms with Crippen LogP contribution in [0, 0.1) is 5.92 Å². The minimum absolute atomic E-state index is 0.0347. The number of pyridine rings is 1. The highest BCUT2D eigenvalue weighted by Crippen LogP contribution is 2.41. The topological polar surface area (TPSA) is 45.6 Å². The van der Waals surface area contributed by atoms with Crippen molar-refractivity contribution in [2.75, 3.05) is 13.6 Å². The van der Waals surface area contributed by atoms with Gasteiger partial charge in [0.15, 0.2) is 0 Å². The van der Waals surface area contributed by atoms with E-state index >= 15 is 0 Å². The number of nitrogens with zero attached hydrogens (tertiary/aromatic N) is 3. The fourth-order valence-corrected chi connectivity index (χ4v) is 4.52. The average Bonchev–Trinajstić information content (AvgIpc) is 2.98. The molecular formula is C26H27N3OS. The van der Waals surface area contributed by atoms with Crippen molar-refractivity contribution in [3.63, 3.8) is 0 Å². The lowest BCUT2D eigenvalue weighted by Crippen LogP contribution is -2.28. The van der Waals surface area contributed by atoms with Crippen molar-refractivity contribution < 1.29 is 4.79 Å². The maximum atomic E-state index is 13.0. The lowest BCUT2D eigenvalue weighted by Gasteiger charge is -2.19. The summed E-state index contributed by atoms with van der Waals surface area (Å²) in [6.07, 6.45) is 3.92. The smallest absolute Gasteiger partial charge is 0.253 e. The fourth-order valence-electron chi connectivity index (χ4n) is 3.51. The number of carbonyl (C=O) groups excluding carboxylic acids is 1. The van der Waals surface area contributed by atoms with Crippen LogP contribution in [0.1, 0.15) is 48.3 Å². The molecule has 158 valence electrons. The summed E-state index contributed by atoms with van der Waals surface area (Å²) in [6, 6.07) is 19.9. The van der Waals surface area contributed by atoms with E-state index in [0.29, 0.717) is 11.5 Å². The molecule has 0 saturated carbocycles. The Balaban J connectivity index is 1.71. The number of aromatic nitrogens is 1. The zero-order chi connectivity index (χ0) is 21.8. The molecule has 1 aliphatic rings. The molecule has 4 nitrogen and oxygen atoms in total. The van der Waals surface area contributed by atoms with Crippen LogP contribution in [0.4, 0.5) is 5.69 Å². The second kappa shape index (κ2) is 9.48. The van der Waals surface area contributed by atoms with Gasteiger partial charge in [-0.2, -0.15) is 0 Å². The number of fused-ring (bicyclic) bond motifs is 2. The predicted octanol–water partition coefficient (Wildman–Crippen LogP) is 6.22. The van der Waals surface area contributed by atoms with Crippen molar-refractivity contribution in [1.82, 2.24) is 9.88 Å². The van der Waals surface area contributed by atoms with E-state index < -0.39 is 0 Å². The first-order valence-corrected chi connectivity index (χ1v) is 11.5. The molecule has 31 heavy (non-hydrogen) atoms. The molecule has 2 heterocycles. The van der Waals surface area contributed by atoms with Crippen molar-refractivity contribution in [2.45, 2.75) is 36.5 Å². The van der Waals surface area contributed by atoms with Gasteiger partial charge in [-0.3, -0.25) is 9.78 Å². The largest absolute Gasteiger partial charge is 0.342 e. The summed E-state index contributed by atoms with van der Waals surface area (Å²) < 4.78 is 0. The fraction of sp³-hybridized carbons (Fsp3) is 0.269. The van der Waals surface area contributed by atoms with E-state index in [1.165, 1.54) is 0 Å². The number of aliphatic imine (C=N–C) groups is 1. The van der Waals surface area contributed by atoms with Gasteiger partial charge in [-0.15, -0.1) is 0 Å². The third kappa shape index (κ3) is 4.72. The minimum atomic E-state index is 0.0347. The second-order valence-corrected chi connectivity index (χ2v) is 9.07. The Bertz CT molecular complexity index is 1110. The lowest BCUT2D eigenvalue weighted by atomic mass is 10.0. The Morgan fingerprint density at radius 1 is 1.06 bits per heavy atom. The summed E-state index contributed by atoms with van der Waals surface area (Å²) in [7, 11) is 1.88. The van der Waals surface area contributed by atoms with E-state index in [4.69, 9.17) is 4.99 Å². The van der Waals surface area contributed by atoms with Crippen molar-refractivity contribution >= 4 is 29.1 Å². The van der Waals surface area contributed by atoms with Gasteiger partial charge in [0.2, 0.25) is 0 Å². The number of carbonyl (C=O) groups is 1. The molecule has 0 aliphatic carbocycles. The van der Waals surface area contributed by atoms with Gasteiger partial charge in [-0.25, -0.2) is 4.99 Å². The Labute approximate surface area is 188 Å². The Morgan fingerprint density at radius 2 is 1.87 bits per heavy atom. The molecule has 5 heteroatoms. The summed E-state index contributed by atoms with van der Waals surface area (Å²) in [5, 5.41) is 0. The maximum absolute atomic E-state index is 13.0. The molecule has 0 N–H and O–H groups in total. The van der Waals surface area contributed by atoms with Crippen LogP contribution in [-0.4, -0.2) is 35.1 Å². The first-order chi connectivity index (χ1) is 15.1. The summed E-state index contributed by atoms with van der Waals surface area (Å²) in [5.74, 6) is 0.648. The summed E-state index contributed by atoms with van der Waals surface area (Å²) in [5.41, 5.74) is 4.19. The highest BCUT2D eigenvalue weighted by molar-refractivity contribution is 7.99. The number of amides is 1. The Hall–Kier alpha value is -2.92. The molecule has 0 spiro atoms. The lowest BCUT2D eigenvalue weighted by molar-refractivity contribution is 0.0788. The quantitative estimate of drug-likeness (QED) is 0.365. The van der Waals surface area contributed by atoms with Gasteiger partial charge in [-0.05, 0) is 48.7 Å². The molecule has 0 bridgehead atoms. The SMILES string of the molecule is CCC(C)CCN(C)C(=O)c1ccc2c(c1)N=C(c1ccccn1)c1ccccc1S2. The molecule has 0 fully saturated rings. The second-order valence-electron chi connectivity index (χ2n) is 7.98. The molecule has 3 aromatic rings. The van der Waals surface area contributed by atoms with Gasteiger partial charge in [0.05, 0.1) is 17.1 Å². The van der Waals surface area contributed by atoms with Crippen LogP contribution >= 0.6 is 11.8 Å². The van der Waals surface area contributed by atoms with Crippen molar-refractivity contribution in [3.8, 4) is 0 Å². The highest BCUT2D eigenvalue weighted by atomic mass is 32.2. The zero-order valence-electron chi connectivity index (χ0n) is 18.2. The van der Waals surface area contributed by atoms with E-state index in [2.05, 4.69) is 31.0 Å². The third-order valence-electron chi connectivity index (χ3n) is 5.71. The molecule has 0 radical (unpaired) electrons. The molecule has 1 aromatic heterocycles. The van der Waals surface area contributed by atoms with E-state index in [1.807, 2.05) is 60.5 Å². The highest BCUT2D eigenvalue weighted by Gasteiger charge is 2.21. The summed E-state index contributed by atoms with van der Waals surface area (Å²) >= 11 is 1.68. The van der Waals surface area contributed by atoms with Crippen molar-refractivity contribution in [1.29, 1.82) is 0 Å². The van der Waals surface area contributed by atoms with Crippen LogP contribution in [0.2, 0.25) is 0 Å². The third-order valence-corrected chi connectivity index (χ3v) is 6.85. The minimum Gasteiger partial charge on any atom is -0.342 e. The van der Waals surface area contributed by atoms with E-state index in [1.54, 1.807) is 18.0 Å². The van der Waals surface area contributed by atoms with Crippen LogP contribution < -0.4 is 0 Å². The molecule has 1 unspecified atom stereocenters. The molecule has 0 saturated heterocycles. The van der Waals surface area contributed by atoms with Gasteiger partial charge in [-0.1, -0.05) is 56.3 Å². The van der Waals surface area contributed by atoms with Gasteiger partial charge >= 0.3 is 0 Å². The monoisotopic (exact) mass is 429 g/mol. The number of hydrogen-bond acceptors (Lipinski definition) is 4. The van der Waals surface area contributed by atoms with Crippen LogP contribution in [0.25, 0.3) is 0 Å². The van der Waals surface area contributed by atoms with Gasteiger partial charge in [0, 0.05) is 40.7 Å². The molecule has 2 aromatic carbocycles. The predicted molar refractivity (Wildman–Crippen MR) is 128 cm³/mol. The van der Waals surface area contributed by atoms with Crippen LogP contribution in [0.15, 0.2) is 81.6 Å². The molecule has 4 rings (SSSR count). The zero-order valence-corrected chi connectivity index (χ0v) is 19.0. The summed E-state index contributed by atoms with van der Waals surface area (Å²) in [4.78, 5) is 26.6. The molecule has 1 amide bonds. The van der Waals surface area contributed by atoms with Crippen molar-refractivity contribution in [2.24, 2.45) is 10.9 Å². The van der Waals surface area contributed by atoms with Crippen LogP contribution in [-0.2, 0) is 0 Å². The molecular weight excluding hydrogens is 402 g/mol. The van der Waals surface area contributed by atoms with Crippen LogP contribution in [0.5, 0.6) is 0 Å².